The summed E-state index contributed by atoms with van der Waals surface area (Å²) in [5.41, 5.74) is 1.07. The molecule has 0 radical (unpaired) electrons. The quantitative estimate of drug-likeness (QED) is 0.692. The molecule has 0 aliphatic heterocycles. The van der Waals surface area contributed by atoms with Crippen LogP contribution in [0.4, 0.5) is 0 Å². The summed E-state index contributed by atoms with van der Waals surface area (Å²) in [6.45, 7) is -0.0333. The molecule has 0 heterocycles. The van der Waals surface area contributed by atoms with Crippen LogP contribution in [0.1, 0.15) is 5.56 Å². The summed E-state index contributed by atoms with van der Waals surface area (Å²) >= 11 is 0. The summed E-state index contributed by atoms with van der Waals surface area (Å²) in [7, 11) is 0. The van der Waals surface area contributed by atoms with Crippen molar-refractivity contribution in [3.8, 4) is 23.6 Å². The number of benzene rings is 2. The Morgan fingerprint density at radius 2 is 1.44 bits per heavy atom. The van der Waals surface area contributed by atoms with E-state index in [-0.39, 0.29) is 19.7 Å². The van der Waals surface area contributed by atoms with Crippen LogP contribution < -0.4 is 9.47 Å². The first-order chi connectivity index (χ1) is 12.2. The SMILES string of the molecule is N#CCN(CC#N)C(=O)COc1ccc(OCc2ccccc2)cc1. The zero-order chi connectivity index (χ0) is 17.9. The minimum Gasteiger partial charge on any atom is -0.489 e. The van der Waals surface area contributed by atoms with Gasteiger partial charge in [-0.15, -0.1) is 0 Å². The van der Waals surface area contributed by atoms with E-state index in [9.17, 15) is 4.79 Å². The molecule has 6 heteroatoms. The Labute approximate surface area is 146 Å². The highest BCUT2D eigenvalue weighted by atomic mass is 16.5. The molecule has 1 amide bonds. The molecule has 0 aliphatic carbocycles. The molecule has 0 spiro atoms. The number of nitriles is 2. The summed E-state index contributed by atoms with van der Waals surface area (Å²) < 4.78 is 11.1. The lowest BCUT2D eigenvalue weighted by Gasteiger charge is -2.16. The average Bonchev–Trinajstić information content (AvgIpc) is 2.66. The molecule has 0 aromatic heterocycles. The smallest absolute Gasteiger partial charge is 0.262 e. The van der Waals surface area contributed by atoms with Gasteiger partial charge in [0.25, 0.3) is 5.91 Å². The molecule has 0 atom stereocenters. The molecule has 126 valence electrons. The molecule has 2 aromatic rings. The van der Waals surface area contributed by atoms with E-state index in [1.54, 1.807) is 24.3 Å². The van der Waals surface area contributed by atoms with Gasteiger partial charge in [0.15, 0.2) is 6.61 Å². The van der Waals surface area contributed by atoms with E-state index in [0.29, 0.717) is 18.1 Å². The van der Waals surface area contributed by atoms with Crippen LogP contribution in [-0.4, -0.2) is 30.5 Å². The van der Waals surface area contributed by atoms with Crippen molar-refractivity contribution in [1.29, 1.82) is 10.5 Å². The largest absolute Gasteiger partial charge is 0.489 e. The van der Waals surface area contributed by atoms with Crippen LogP contribution in [0.2, 0.25) is 0 Å². The van der Waals surface area contributed by atoms with Gasteiger partial charge < -0.3 is 14.4 Å². The van der Waals surface area contributed by atoms with E-state index in [1.807, 2.05) is 42.5 Å². The van der Waals surface area contributed by atoms with Crippen molar-refractivity contribution < 1.29 is 14.3 Å². The van der Waals surface area contributed by atoms with Crippen molar-refractivity contribution in [3.05, 3.63) is 60.2 Å². The van der Waals surface area contributed by atoms with Crippen LogP contribution in [0, 0.1) is 22.7 Å². The molecule has 0 saturated carbocycles. The number of rotatable bonds is 8. The second-order valence-electron chi connectivity index (χ2n) is 5.10. The fourth-order valence-corrected chi connectivity index (χ4v) is 2.01. The average molecular weight is 335 g/mol. The molecule has 25 heavy (non-hydrogen) atoms. The Hall–Kier alpha value is -3.51. The third-order valence-corrected chi connectivity index (χ3v) is 3.31. The molecule has 2 aromatic carbocycles. The van der Waals surface area contributed by atoms with Crippen molar-refractivity contribution in [2.24, 2.45) is 0 Å². The molecule has 2 rings (SSSR count). The van der Waals surface area contributed by atoms with Crippen molar-refractivity contribution in [1.82, 2.24) is 4.90 Å². The highest BCUT2D eigenvalue weighted by molar-refractivity contribution is 5.78. The lowest BCUT2D eigenvalue weighted by Crippen LogP contribution is -2.35. The second-order valence-corrected chi connectivity index (χ2v) is 5.10. The Morgan fingerprint density at radius 3 is 2.00 bits per heavy atom. The Bertz CT molecular complexity index is 745. The molecule has 0 saturated heterocycles. The molecule has 6 nitrogen and oxygen atoms in total. The van der Waals surface area contributed by atoms with Gasteiger partial charge in [0.1, 0.15) is 31.2 Å². The molecular formula is C19H17N3O3. The summed E-state index contributed by atoms with van der Waals surface area (Å²) in [6, 6.07) is 20.4. The monoisotopic (exact) mass is 335 g/mol. The van der Waals surface area contributed by atoms with E-state index in [2.05, 4.69) is 0 Å². The predicted molar refractivity (Wildman–Crippen MR) is 90.5 cm³/mol. The maximum absolute atomic E-state index is 11.9. The van der Waals surface area contributed by atoms with Crippen molar-refractivity contribution >= 4 is 5.91 Å². The van der Waals surface area contributed by atoms with Gasteiger partial charge in [-0.05, 0) is 29.8 Å². The van der Waals surface area contributed by atoms with E-state index in [1.165, 1.54) is 0 Å². The maximum atomic E-state index is 11.9. The first kappa shape index (κ1) is 17.8. The Kier molecular flexibility index (Phi) is 6.84. The number of carbonyl (C=O) groups is 1. The van der Waals surface area contributed by atoms with Crippen molar-refractivity contribution in [2.75, 3.05) is 19.7 Å². The summed E-state index contributed by atoms with van der Waals surface area (Å²) in [4.78, 5) is 13.0. The van der Waals surface area contributed by atoms with Crippen LogP contribution in [0.25, 0.3) is 0 Å². The third-order valence-electron chi connectivity index (χ3n) is 3.31. The van der Waals surface area contributed by atoms with Gasteiger partial charge in [0, 0.05) is 0 Å². The second kappa shape index (κ2) is 9.59. The molecule has 0 unspecified atom stereocenters. The first-order valence-corrected chi connectivity index (χ1v) is 7.64. The minimum atomic E-state index is -0.410. The Balaban J connectivity index is 1.83. The van der Waals surface area contributed by atoms with E-state index >= 15 is 0 Å². The summed E-state index contributed by atoms with van der Waals surface area (Å²) in [5.74, 6) is 0.792. The number of amides is 1. The van der Waals surface area contributed by atoms with Crippen LogP contribution in [0.3, 0.4) is 0 Å². The van der Waals surface area contributed by atoms with Gasteiger partial charge in [-0.25, -0.2) is 0 Å². The molecule has 0 aliphatic rings. The zero-order valence-electron chi connectivity index (χ0n) is 13.6. The summed E-state index contributed by atoms with van der Waals surface area (Å²) in [6.07, 6.45) is 0. The number of hydrogen-bond donors (Lipinski definition) is 0. The fourth-order valence-electron chi connectivity index (χ4n) is 2.01. The van der Waals surface area contributed by atoms with Gasteiger partial charge in [-0.2, -0.15) is 10.5 Å². The summed E-state index contributed by atoms with van der Waals surface area (Å²) in [5, 5.41) is 17.3. The molecular weight excluding hydrogens is 318 g/mol. The van der Waals surface area contributed by atoms with Crippen LogP contribution in [0.5, 0.6) is 11.5 Å². The zero-order valence-corrected chi connectivity index (χ0v) is 13.6. The standard InChI is InChI=1S/C19H17N3O3/c20-10-12-22(13-11-21)19(23)15-25-18-8-6-17(7-9-18)24-14-16-4-2-1-3-5-16/h1-9H,12-15H2. The number of hydrogen-bond acceptors (Lipinski definition) is 5. The van der Waals surface area contributed by atoms with Crippen LogP contribution >= 0.6 is 0 Å². The van der Waals surface area contributed by atoms with Gasteiger partial charge in [-0.3, -0.25) is 4.79 Å². The normalized spacial score (nSPS) is 9.52. The van der Waals surface area contributed by atoms with Gasteiger partial charge in [0.05, 0.1) is 12.1 Å². The highest BCUT2D eigenvalue weighted by Crippen LogP contribution is 2.18. The van der Waals surface area contributed by atoms with E-state index in [0.717, 1.165) is 10.5 Å². The lowest BCUT2D eigenvalue weighted by atomic mass is 10.2. The topological polar surface area (TPSA) is 86.4 Å². The van der Waals surface area contributed by atoms with Gasteiger partial charge in [-0.1, -0.05) is 30.3 Å². The highest BCUT2D eigenvalue weighted by Gasteiger charge is 2.13. The minimum absolute atomic E-state index is 0.137. The predicted octanol–water partition coefficient (Wildman–Crippen LogP) is 2.52. The molecule has 0 fully saturated rings. The van der Waals surface area contributed by atoms with Crippen LogP contribution in [0.15, 0.2) is 54.6 Å². The Morgan fingerprint density at radius 1 is 0.880 bits per heavy atom. The lowest BCUT2D eigenvalue weighted by molar-refractivity contribution is -0.132. The number of ether oxygens (including phenoxy) is 2. The fraction of sp³-hybridized carbons (Fsp3) is 0.211. The molecule has 0 bridgehead atoms. The van der Waals surface area contributed by atoms with Crippen molar-refractivity contribution in [2.45, 2.75) is 6.61 Å². The third kappa shape index (κ3) is 5.89. The maximum Gasteiger partial charge on any atom is 0.262 e. The van der Waals surface area contributed by atoms with Gasteiger partial charge >= 0.3 is 0 Å². The van der Waals surface area contributed by atoms with Crippen molar-refractivity contribution in [3.63, 3.8) is 0 Å². The number of carbonyl (C=O) groups excluding carboxylic acids is 1. The number of nitrogens with zero attached hydrogens (tertiary/aromatic N) is 3. The van der Waals surface area contributed by atoms with E-state index < -0.39 is 5.91 Å². The molecule has 0 N–H and O–H groups in total. The van der Waals surface area contributed by atoms with E-state index in [4.69, 9.17) is 20.0 Å². The van der Waals surface area contributed by atoms with Crippen LogP contribution in [-0.2, 0) is 11.4 Å². The first-order valence-electron chi connectivity index (χ1n) is 7.64. The van der Waals surface area contributed by atoms with Gasteiger partial charge in [0.2, 0.25) is 0 Å².